The Morgan fingerprint density at radius 2 is 1.89 bits per heavy atom. The largest absolute Gasteiger partial charge is 0.465 e. The molecule has 0 unspecified atom stereocenters. The summed E-state index contributed by atoms with van der Waals surface area (Å²) in [5.41, 5.74) is 2.95. The Labute approximate surface area is 114 Å². The summed E-state index contributed by atoms with van der Waals surface area (Å²) >= 11 is 0. The molecular weight excluding hydrogens is 234 g/mol. The van der Waals surface area contributed by atoms with Crippen LogP contribution in [0.25, 0.3) is 0 Å². The highest BCUT2D eigenvalue weighted by molar-refractivity contribution is 5.31. The van der Waals surface area contributed by atoms with Crippen molar-refractivity contribution in [3.63, 3.8) is 0 Å². The SMILES string of the molecule is Cc1ccc(CNC2CC(c3ccccc3C)C2)o1. The Bertz CT molecular complexity index is 552. The van der Waals surface area contributed by atoms with Crippen molar-refractivity contribution < 1.29 is 4.42 Å². The number of aryl methyl sites for hydroxylation is 2. The van der Waals surface area contributed by atoms with Gasteiger partial charge in [-0.3, -0.25) is 0 Å². The average Bonchev–Trinajstić information content (AvgIpc) is 2.75. The lowest BCUT2D eigenvalue weighted by Crippen LogP contribution is -2.39. The minimum atomic E-state index is 0.634. The molecule has 2 heteroatoms. The molecule has 1 fully saturated rings. The van der Waals surface area contributed by atoms with E-state index in [0.717, 1.165) is 24.0 Å². The normalized spacial score (nSPS) is 22.2. The van der Waals surface area contributed by atoms with Crippen molar-refractivity contribution in [1.29, 1.82) is 0 Å². The summed E-state index contributed by atoms with van der Waals surface area (Å²) in [4.78, 5) is 0. The van der Waals surface area contributed by atoms with Crippen molar-refractivity contribution in [2.45, 2.75) is 45.2 Å². The van der Waals surface area contributed by atoms with Crippen molar-refractivity contribution in [3.05, 3.63) is 59.0 Å². The first-order valence-electron chi connectivity index (χ1n) is 7.06. The maximum absolute atomic E-state index is 5.57. The highest BCUT2D eigenvalue weighted by Gasteiger charge is 2.30. The van der Waals surface area contributed by atoms with Gasteiger partial charge in [0.15, 0.2) is 0 Å². The standard InChI is InChI=1S/C17H21NO/c1-12-5-3-4-6-17(12)14-9-15(10-14)18-11-16-8-7-13(2)19-16/h3-8,14-15,18H,9-11H2,1-2H3. The molecule has 1 aromatic carbocycles. The summed E-state index contributed by atoms with van der Waals surface area (Å²) in [5, 5.41) is 3.57. The summed E-state index contributed by atoms with van der Waals surface area (Å²) in [6.07, 6.45) is 2.48. The fraction of sp³-hybridized carbons (Fsp3) is 0.412. The number of hydrogen-bond donors (Lipinski definition) is 1. The molecule has 1 saturated carbocycles. The predicted molar refractivity (Wildman–Crippen MR) is 77.2 cm³/mol. The van der Waals surface area contributed by atoms with E-state index in [1.165, 1.54) is 24.0 Å². The van der Waals surface area contributed by atoms with Gasteiger partial charge in [-0.15, -0.1) is 0 Å². The van der Waals surface area contributed by atoms with Crippen molar-refractivity contribution >= 4 is 0 Å². The predicted octanol–water partition coefficient (Wildman–Crippen LogP) is 3.93. The molecule has 2 nitrogen and oxygen atoms in total. The van der Waals surface area contributed by atoms with Crippen LogP contribution in [0.5, 0.6) is 0 Å². The summed E-state index contributed by atoms with van der Waals surface area (Å²) in [5.74, 6) is 2.76. The highest BCUT2D eigenvalue weighted by Crippen LogP contribution is 2.38. The second-order valence-electron chi connectivity index (χ2n) is 5.62. The molecule has 1 N–H and O–H groups in total. The third-order valence-corrected chi connectivity index (χ3v) is 4.13. The van der Waals surface area contributed by atoms with Crippen LogP contribution in [0.3, 0.4) is 0 Å². The van der Waals surface area contributed by atoms with Gasteiger partial charge in [0.05, 0.1) is 6.54 Å². The molecule has 3 rings (SSSR count). The zero-order chi connectivity index (χ0) is 13.2. The van der Waals surface area contributed by atoms with Crippen LogP contribution in [0, 0.1) is 13.8 Å². The molecule has 0 atom stereocenters. The Morgan fingerprint density at radius 1 is 1.11 bits per heavy atom. The zero-order valence-corrected chi connectivity index (χ0v) is 11.6. The number of hydrogen-bond acceptors (Lipinski definition) is 2. The Morgan fingerprint density at radius 3 is 2.58 bits per heavy atom. The van der Waals surface area contributed by atoms with E-state index in [9.17, 15) is 0 Å². The molecule has 19 heavy (non-hydrogen) atoms. The Kier molecular flexibility index (Phi) is 3.43. The van der Waals surface area contributed by atoms with E-state index in [2.05, 4.69) is 42.6 Å². The molecule has 1 aliphatic rings. The Balaban J connectivity index is 1.49. The zero-order valence-electron chi connectivity index (χ0n) is 11.6. The molecule has 0 radical (unpaired) electrons. The maximum Gasteiger partial charge on any atom is 0.117 e. The quantitative estimate of drug-likeness (QED) is 0.895. The second-order valence-corrected chi connectivity index (χ2v) is 5.62. The molecular formula is C17H21NO. The van der Waals surface area contributed by atoms with Gasteiger partial charge in [-0.2, -0.15) is 0 Å². The van der Waals surface area contributed by atoms with E-state index in [-0.39, 0.29) is 0 Å². The van der Waals surface area contributed by atoms with Gasteiger partial charge in [-0.1, -0.05) is 24.3 Å². The Hall–Kier alpha value is -1.54. The monoisotopic (exact) mass is 255 g/mol. The van der Waals surface area contributed by atoms with Gasteiger partial charge in [0.1, 0.15) is 11.5 Å². The van der Waals surface area contributed by atoms with Gasteiger partial charge < -0.3 is 9.73 Å². The van der Waals surface area contributed by atoms with Gasteiger partial charge in [0.2, 0.25) is 0 Å². The molecule has 100 valence electrons. The van der Waals surface area contributed by atoms with Crippen molar-refractivity contribution in [2.75, 3.05) is 0 Å². The van der Waals surface area contributed by atoms with Crippen LogP contribution < -0.4 is 5.32 Å². The number of benzene rings is 1. The van der Waals surface area contributed by atoms with Crippen molar-refractivity contribution in [3.8, 4) is 0 Å². The van der Waals surface area contributed by atoms with Crippen LogP contribution >= 0.6 is 0 Å². The van der Waals surface area contributed by atoms with Crippen LogP contribution in [-0.2, 0) is 6.54 Å². The number of nitrogens with one attached hydrogen (secondary N) is 1. The van der Waals surface area contributed by atoms with Crippen LogP contribution in [-0.4, -0.2) is 6.04 Å². The lowest BCUT2D eigenvalue weighted by molar-refractivity contribution is 0.280. The fourth-order valence-corrected chi connectivity index (χ4v) is 2.91. The van der Waals surface area contributed by atoms with Crippen LogP contribution in [0.1, 0.15) is 41.4 Å². The third kappa shape index (κ3) is 2.74. The maximum atomic E-state index is 5.57. The summed E-state index contributed by atoms with van der Waals surface area (Å²) in [6.45, 7) is 5.04. The third-order valence-electron chi connectivity index (χ3n) is 4.13. The van der Waals surface area contributed by atoms with Gasteiger partial charge in [0, 0.05) is 6.04 Å². The first-order chi connectivity index (χ1) is 9.22. The molecule has 0 amide bonds. The van der Waals surface area contributed by atoms with E-state index in [1.54, 1.807) is 0 Å². The van der Waals surface area contributed by atoms with E-state index < -0.39 is 0 Å². The topological polar surface area (TPSA) is 25.2 Å². The number of furan rings is 1. The van der Waals surface area contributed by atoms with Crippen LogP contribution in [0.2, 0.25) is 0 Å². The number of rotatable bonds is 4. The molecule has 0 bridgehead atoms. The first-order valence-corrected chi connectivity index (χ1v) is 7.06. The summed E-state index contributed by atoms with van der Waals surface area (Å²) < 4.78 is 5.57. The molecule has 0 aliphatic heterocycles. The smallest absolute Gasteiger partial charge is 0.117 e. The van der Waals surface area contributed by atoms with Crippen LogP contribution in [0.4, 0.5) is 0 Å². The van der Waals surface area contributed by atoms with Crippen LogP contribution in [0.15, 0.2) is 40.8 Å². The molecule has 1 heterocycles. The molecule has 1 aromatic heterocycles. The summed E-state index contributed by atoms with van der Waals surface area (Å²) in [7, 11) is 0. The van der Waals surface area contributed by atoms with E-state index in [4.69, 9.17) is 4.42 Å². The van der Waals surface area contributed by atoms with Gasteiger partial charge in [0.25, 0.3) is 0 Å². The minimum Gasteiger partial charge on any atom is -0.465 e. The van der Waals surface area contributed by atoms with E-state index in [1.807, 2.05) is 13.0 Å². The van der Waals surface area contributed by atoms with Gasteiger partial charge >= 0.3 is 0 Å². The lowest BCUT2D eigenvalue weighted by Gasteiger charge is -2.37. The van der Waals surface area contributed by atoms with E-state index in [0.29, 0.717) is 6.04 Å². The molecule has 0 spiro atoms. The first kappa shape index (κ1) is 12.5. The molecule has 1 aliphatic carbocycles. The van der Waals surface area contributed by atoms with Gasteiger partial charge in [-0.05, 0) is 55.9 Å². The molecule has 2 aromatic rings. The average molecular weight is 255 g/mol. The van der Waals surface area contributed by atoms with Crippen molar-refractivity contribution in [1.82, 2.24) is 5.32 Å². The lowest BCUT2D eigenvalue weighted by atomic mass is 9.74. The van der Waals surface area contributed by atoms with Gasteiger partial charge in [-0.25, -0.2) is 0 Å². The van der Waals surface area contributed by atoms with Crippen molar-refractivity contribution in [2.24, 2.45) is 0 Å². The summed E-state index contributed by atoms with van der Waals surface area (Å²) in [6, 6.07) is 13.5. The second kappa shape index (κ2) is 5.22. The minimum absolute atomic E-state index is 0.634. The van der Waals surface area contributed by atoms with E-state index >= 15 is 0 Å². The molecule has 0 saturated heterocycles. The highest BCUT2D eigenvalue weighted by atomic mass is 16.3. The fourth-order valence-electron chi connectivity index (χ4n) is 2.91.